The molecule has 0 atom stereocenters. The van der Waals surface area contributed by atoms with Crippen LogP contribution in [0.2, 0.25) is 0 Å². The summed E-state index contributed by atoms with van der Waals surface area (Å²) in [5, 5.41) is 9.12. The number of aliphatic hydroxyl groups is 1. The molecule has 0 aliphatic rings. The largest absolute Gasteiger partial charge is 0.497 e. The zero-order valence-corrected chi connectivity index (χ0v) is 11.1. The van der Waals surface area contributed by atoms with Gasteiger partial charge in [0.1, 0.15) is 5.75 Å². The van der Waals surface area contributed by atoms with E-state index in [1.807, 2.05) is 24.3 Å². The van der Waals surface area contributed by atoms with Crippen molar-refractivity contribution >= 4 is 0 Å². The molecule has 1 heterocycles. The maximum atomic E-state index is 12.1. The first-order valence-corrected chi connectivity index (χ1v) is 6.08. The van der Waals surface area contributed by atoms with Gasteiger partial charge in [0.2, 0.25) is 0 Å². The van der Waals surface area contributed by atoms with Gasteiger partial charge in [-0.25, -0.2) is 0 Å². The van der Waals surface area contributed by atoms with Crippen LogP contribution in [0.25, 0.3) is 0 Å². The minimum Gasteiger partial charge on any atom is -0.497 e. The zero-order chi connectivity index (χ0) is 13.8. The van der Waals surface area contributed by atoms with Gasteiger partial charge >= 0.3 is 0 Å². The van der Waals surface area contributed by atoms with E-state index in [2.05, 4.69) is 0 Å². The van der Waals surface area contributed by atoms with E-state index < -0.39 is 0 Å². The summed E-state index contributed by atoms with van der Waals surface area (Å²) in [6.45, 7) is 2.14. The number of rotatable bonds is 4. The second kappa shape index (κ2) is 5.71. The van der Waals surface area contributed by atoms with Crippen LogP contribution in [0.15, 0.2) is 41.3 Å². The number of pyridine rings is 1. The fourth-order valence-electron chi connectivity index (χ4n) is 1.95. The molecule has 0 fully saturated rings. The van der Waals surface area contributed by atoms with Crippen LogP contribution in [0.3, 0.4) is 0 Å². The highest BCUT2D eigenvalue weighted by molar-refractivity contribution is 5.28. The topological polar surface area (TPSA) is 51.5 Å². The maximum absolute atomic E-state index is 12.1. The van der Waals surface area contributed by atoms with Crippen LogP contribution in [0.4, 0.5) is 0 Å². The Morgan fingerprint density at radius 3 is 2.47 bits per heavy atom. The summed E-state index contributed by atoms with van der Waals surface area (Å²) in [5.41, 5.74) is 2.23. The second-order valence-corrected chi connectivity index (χ2v) is 4.41. The third-order valence-electron chi connectivity index (χ3n) is 3.20. The molecule has 0 bridgehead atoms. The van der Waals surface area contributed by atoms with Gasteiger partial charge in [-0.3, -0.25) is 4.79 Å². The predicted octanol–water partition coefficient (Wildman–Crippen LogP) is 1.71. The second-order valence-electron chi connectivity index (χ2n) is 4.41. The Labute approximate surface area is 111 Å². The lowest BCUT2D eigenvalue weighted by atomic mass is 10.1. The molecule has 0 saturated heterocycles. The quantitative estimate of drug-likeness (QED) is 0.909. The van der Waals surface area contributed by atoms with Crippen molar-refractivity contribution in [1.82, 2.24) is 4.57 Å². The molecule has 2 aromatic rings. The van der Waals surface area contributed by atoms with Gasteiger partial charge in [0.05, 0.1) is 20.3 Å². The Balaban J connectivity index is 2.28. The number of nitrogens with zero attached hydrogens (tertiary/aromatic N) is 1. The van der Waals surface area contributed by atoms with Crippen LogP contribution < -0.4 is 10.3 Å². The Kier molecular flexibility index (Phi) is 4.02. The lowest BCUT2D eigenvalue weighted by molar-refractivity contribution is 0.280. The summed E-state index contributed by atoms with van der Waals surface area (Å²) >= 11 is 0. The number of aliphatic hydroxyl groups excluding tert-OH is 1. The van der Waals surface area contributed by atoms with Gasteiger partial charge in [0, 0.05) is 11.8 Å². The van der Waals surface area contributed by atoms with Crippen molar-refractivity contribution in [2.75, 3.05) is 7.11 Å². The molecule has 1 aromatic carbocycles. The summed E-state index contributed by atoms with van der Waals surface area (Å²) in [7, 11) is 1.62. The van der Waals surface area contributed by atoms with E-state index in [-0.39, 0.29) is 12.2 Å². The van der Waals surface area contributed by atoms with Gasteiger partial charge in [0.25, 0.3) is 5.56 Å². The van der Waals surface area contributed by atoms with E-state index in [1.54, 1.807) is 30.9 Å². The highest BCUT2D eigenvalue weighted by Gasteiger charge is 2.05. The Hall–Kier alpha value is -2.07. The highest BCUT2D eigenvalue weighted by atomic mass is 16.5. The predicted molar refractivity (Wildman–Crippen MR) is 73.5 cm³/mol. The number of aromatic nitrogens is 1. The van der Waals surface area contributed by atoms with Gasteiger partial charge < -0.3 is 14.4 Å². The Morgan fingerprint density at radius 2 is 1.89 bits per heavy atom. The van der Waals surface area contributed by atoms with Gasteiger partial charge in [-0.2, -0.15) is 0 Å². The molecule has 4 nitrogen and oxygen atoms in total. The third kappa shape index (κ3) is 2.85. The SMILES string of the molecule is COc1ccc(Cn2ccc(CO)c(C)c2=O)cc1. The maximum Gasteiger partial charge on any atom is 0.254 e. The molecule has 2 rings (SSSR count). The van der Waals surface area contributed by atoms with Crippen molar-refractivity contribution in [1.29, 1.82) is 0 Å². The molecule has 0 radical (unpaired) electrons. The molecule has 0 aliphatic heterocycles. The molecule has 0 saturated carbocycles. The third-order valence-corrected chi connectivity index (χ3v) is 3.20. The van der Waals surface area contributed by atoms with Crippen LogP contribution in [0.5, 0.6) is 5.75 Å². The molecule has 0 amide bonds. The van der Waals surface area contributed by atoms with Crippen LogP contribution in [0, 0.1) is 6.92 Å². The van der Waals surface area contributed by atoms with E-state index in [1.165, 1.54) is 0 Å². The van der Waals surface area contributed by atoms with E-state index >= 15 is 0 Å². The highest BCUT2D eigenvalue weighted by Crippen LogP contribution is 2.12. The van der Waals surface area contributed by atoms with Crippen molar-refractivity contribution in [2.24, 2.45) is 0 Å². The summed E-state index contributed by atoms with van der Waals surface area (Å²) in [6.07, 6.45) is 1.71. The monoisotopic (exact) mass is 259 g/mol. The van der Waals surface area contributed by atoms with Gasteiger partial charge in [0.15, 0.2) is 0 Å². The van der Waals surface area contributed by atoms with Crippen LogP contribution in [0.1, 0.15) is 16.7 Å². The summed E-state index contributed by atoms with van der Waals surface area (Å²) < 4.78 is 6.73. The molecule has 100 valence electrons. The van der Waals surface area contributed by atoms with E-state index in [4.69, 9.17) is 9.84 Å². The molecule has 0 unspecified atom stereocenters. The first kappa shape index (κ1) is 13.4. The summed E-state index contributed by atoms with van der Waals surface area (Å²) in [4.78, 5) is 12.1. The first-order valence-electron chi connectivity index (χ1n) is 6.08. The van der Waals surface area contributed by atoms with Gasteiger partial charge in [-0.15, -0.1) is 0 Å². The zero-order valence-electron chi connectivity index (χ0n) is 11.1. The number of hydrogen-bond acceptors (Lipinski definition) is 3. The van der Waals surface area contributed by atoms with Gasteiger partial charge in [-0.05, 0) is 36.2 Å². The average Bonchev–Trinajstić information content (AvgIpc) is 2.45. The molecule has 1 aromatic heterocycles. The van der Waals surface area contributed by atoms with Crippen LogP contribution in [-0.2, 0) is 13.2 Å². The molecular formula is C15H17NO3. The minimum absolute atomic E-state index is 0.0673. The molecule has 19 heavy (non-hydrogen) atoms. The normalized spacial score (nSPS) is 10.5. The molecule has 0 spiro atoms. The average molecular weight is 259 g/mol. The summed E-state index contributed by atoms with van der Waals surface area (Å²) in [5.74, 6) is 0.794. The lowest BCUT2D eigenvalue weighted by Gasteiger charge is -2.09. The number of ether oxygens (including phenoxy) is 1. The number of benzene rings is 1. The van der Waals surface area contributed by atoms with Crippen molar-refractivity contribution in [3.63, 3.8) is 0 Å². The van der Waals surface area contributed by atoms with Crippen molar-refractivity contribution < 1.29 is 9.84 Å². The Morgan fingerprint density at radius 1 is 1.21 bits per heavy atom. The van der Waals surface area contributed by atoms with E-state index in [0.717, 1.165) is 11.3 Å². The van der Waals surface area contributed by atoms with Crippen LogP contribution in [-0.4, -0.2) is 16.8 Å². The molecule has 1 N–H and O–H groups in total. The molecule has 0 aliphatic carbocycles. The Bertz CT molecular complexity index is 614. The minimum atomic E-state index is -0.107. The smallest absolute Gasteiger partial charge is 0.254 e. The van der Waals surface area contributed by atoms with E-state index in [9.17, 15) is 4.79 Å². The van der Waals surface area contributed by atoms with Crippen molar-refractivity contribution in [3.8, 4) is 5.75 Å². The lowest BCUT2D eigenvalue weighted by Crippen LogP contribution is -2.23. The van der Waals surface area contributed by atoms with Crippen LogP contribution >= 0.6 is 0 Å². The van der Waals surface area contributed by atoms with Crippen molar-refractivity contribution in [2.45, 2.75) is 20.1 Å². The number of methoxy groups -OCH3 is 1. The standard InChI is InChI=1S/C15H17NO3/c1-11-13(10-17)7-8-16(15(11)18)9-12-3-5-14(19-2)6-4-12/h3-8,17H,9-10H2,1-2H3. The molecular weight excluding hydrogens is 242 g/mol. The molecule has 4 heteroatoms. The van der Waals surface area contributed by atoms with Crippen molar-refractivity contribution in [3.05, 3.63) is 63.6 Å². The fraction of sp³-hybridized carbons (Fsp3) is 0.267. The first-order chi connectivity index (χ1) is 9.15. The fourth-order valence-corrected chi connectivity index (χ4v) is 1.95. The van der Waals surface area contributed by atoms with E-state index in [0.29, 0.717) is 17.7 Å². The van der Waals surface area contributed by atoms with Gasteiger partial charge in [-0.1, -0.05) is 12.1 Å². The number of hydrogen-bond donors (Lipinski definition) is 1. The summed E-state index contributed by atoms with van der Waals surface area (Å²) in [6, 6.07) is 9.38.